The van der Waals surface area contributed by atoms with E-state index in [4.69, 9.17) is 16.0 Å². The molecule has 6 heteroatoms. The summed E-state index contributed by atoms with van der Waals surface area (Å²) in [7, 11) is 0. The molecule has 2 heterocycles. The molecule has 22 heavy (non-hydrogen) atoms. The fourth-order valence-corrected chi connectivity index (χ4v) is 3.07. The van der Waals surface area contributed by atoms with Crippen molar-refractivity contribution in [1.82, 2.24) is 4.98 Å². The summed E-state index contributed by atoms with van der Waals surface area (Å²) in [5.74, 6) is 0.367. The van der Waals surface area contributed by atoms with Crippen molar-refractivity contribution in [3.05, 3.63) is 57.8 Å². The number of hydrogen-bond donors (Lipinski definition) is 1. The van der Waals surface area contributed by atoms with E-state index in [2.05, 4.69) is 10.3 Å². The van der Waals surface area contributed by atoms with Gasteiger partial charge in [-0.2, -0.15) is 0 Å². The van der Waals surface area contributed by atoms with Crippen LogP contribution < -0.4 is 5.32 Å². The molecule has 4 nitrogen and oxygen atoms in total. The maximum absolute atomic E-state index is 12.2. The van der Waals surface area contributed by atoms with Crippen molar-refractivity contribution in [2.24, 2.45) is 0 Å². The molecule has 0 bridgehead atoms. The van der Waals surface area contributed by atoms with Crippen molar-refractivity contribution in [1.29, 1.82) is 0 Å². The van der Waals surface area contributed by atoms with Crippen molar-refractivity contribution < 1.29 is 9.21 Å². The van der Waals surface area contributed by atoms with Crippen molar-refractivity contribution in [2.75, 3.05) is 5.32 Å². The Bertz CT molecular complexity index is 821. The highest BCUT2D eigenvalue weighted by molar-refractivity contribution is 7.16. The van der Waals surface area contributed by atoms with Gasteiger partial charge in [0.15, 0.2) is 5.13 Å². The standard InChI is InChI=1S/C16H13ClN2O2S/c1-9-13(7-8-21-9)15(20)19-16-18-14(10(2)22-16)11-3-5-12(17)6-4-11/h3-8H,1-2H3,(H,18,19,20). The zero-order valence-corrected chi connectivity index (χ0v) is 13.6. The van der Waals surface area contributed by atoms with Gasteiger partial charge in [-0.15, -0.1) is 11.3 Å². The molecule has 0 fully saturated rings. The number of carbonyl (C=O) groups is 1. The Kier molecular flexibility index (Phi) is 4.00. The lowest BCUT2D eigenvalue weighted by Gasteiger charge is -2.00. The summed E-state index contributed by atoms with van der Waals surface area (Å²) in [5.41, 5.74) is 2.33. The number of halogens is 1. The van der Waals surface area contributed by atoms with Gasteiger partial charge in [0.25, 0.3) is 5.91 Å². The first-order valence-electron chi connectivity index (χ1n) is 6.63. The number of anilines is 1. The van der Waals surface area contributed by atoms with Crippen molar-refractivity contribution in [2.45, 2.75) is 13.8 Å². The van der Waals surface area contributed by atoms with E-state index in [0.29, 0.717) is 21.5 Å². The van der Waals surface area contributed by atoms with E-state index < -0.39 is 0 Å². The number of nitrogens with zero attached hydrogens (tertiary/aromatic N) is 1. The number of rotatable bonds is 3. The van der Waals surface area contributed by atoms with Gasteiger partial charge in [0.1, 0.15) is 5.76 Å². The minimum Gasteiger partial charge on any atom is -0.469 e. The van der Waals surface area contributed by atoms with Gasteiger partial charge in [0, 0.05) is 15.5 Å². The normalized spacial score (nSPS) is 10.7. The van der Waals surface area contributed by atoms with Crippen LogP contribution in [0.4, 0.5) is 5.13 Å². The second kappa shape index (κ2) is 5.94. The van der Waals surface area contributed by atoms with Gasteiger partial charge in [-0.3, -0.25) is 10.1 Å². The molecule has 0 radical (unpaired) electrons. The van der Waals surface area contributed by atoms with E-state index in [1.165, 1.54) is 17.6 Å². The van der Waals surface area contributed by atoms with Crippen LogP contribution in [0.25, 0.3) is 11.3 Å². The van der Waals surface area contributed by atoms with Gasteiger partial charge in [-0.25, -0.2) is 4.98 Å². The van der Waals surface area contributed by atoms with Crippen LogP contribution in [0.2, 0.25) is 5.02 Å². The molecule has 1 N–H and O–H groups in total. The number of furan rings is 1. The van der Waals surface area contributed by atoms with Crippen LogP contribution in [0.5, 0.6) is 0 Å². The third kappa shape index (κ3) is 2.91. The molecule has 1 amide bonds. The molecule has 0 aliphatic carbocycles. The number of aromatic nitrogens is 1. The monoisotopic (exact) mass is 332 g/mol. The smallest absolute Gasteiger partial charge is 0.260 e. The molecule has 0 unspecified atom stereocenters. The highest BCUT2D eigenvalue weighted by Gasteiger charge is 2.15. The molecule has 0 aliphatic heterocycles. The topological polar surface area (TPSA) is 55.1 Å². The van der Waals surface area contributed by atoms with Gasteiger partial charge < -0.3 is 4.42 Å². The Morgan fingerprint density at radius 3 is 2.59 bits per heavy atom. The average Bonchev–Trinajstić information content (AvgIpc) is 3.06. The third-order valence-electron chi connectivity index (χ3n) is 3.24. The van der Waals surface area contributed by atoms with E-state index in [-0.39, 0.29) is 5.91 Å². The number of benzene rings is 1. The molecule has 0 saturated carbocycles. The lowest BCUT2D eigenvalue weighted by Crippen LogP contribution is -2.11. The van der Waals surface area contributed by atoms with Crippen LogP contribution >= 0.6 is 22.9 Å². The number of aryl methyl sites for hydroxylation is 2. The summed E-state index contributed by atoms with van der Waals surface area (Å²) in [6.07, 6.45) is 1.50. The molecule has 0 atom stereocenters. The number of amides is 1. The molecule has 3 rings (SSSR count). The summed E-state index contributed by atoms with van der Waals surface area (Å²) < 4.78 is 5.14. The first kappa shape index (κ1) is 14.8. The first-order valence-corrected chi connectivity index (χ1v) is 7.83. The predicted molar refractivity (Wildman–Crippen MR) is 88.7 cm³/mol. The lowest BCUT2D eigenvalue weighted by molar-refractivity contribution is 0.102. The number of carbonyl (C=O) groups excluding carboxylic acids is 1. The average molecular weight is 333 g/mol. The van der Waals surface area contributed by atoms with E-state index in [1.54, 1.807) is 13.0 Å². The molecule has 1 aromatic carbocycles. The maximum atomic E-state index is 12.2. The SMILES string of the molecule is Cc1occc1C(=O)Nc1nc(-c2ccc(Cl)cc2)c(C)s1. The first-order chi connectivity index (χ1) is 10.5. The molecule has 0 spiro atoms. The van der Waals surface area contributed by atoms with Gasteiger partial charge in [-0.05, 0) is 32.0 Å². The van der Waals surface area contributed by atoms with Crippen LogP contribution in [0.1, 0.15) is 21.0 Å². The van der Waals surface area contributed by atoms with Gasteiger partial charge >= 0.3 is 0 Å². The molecular weight excluding hydrogens is 320 g/mol. The minimum atomic E-state index is -0.220. The van der Waals surface area contributed by atoms with Crippen molar-refractivity contribution >= 4 is 34.0 Å². The molecule has 112 valence electrons. The Hall–Kier alpha value is -2.11. The number of nitrogens with one attached hydrogen (secondary N) is 1. The van der Waals surface area contributed by atoms with Crippen LogP contribution in [0, 0.1) is 13.8 Å². The molecule has 0 saturated heterocycles. The summed E-state index contributed by atoms with van der Waals surface area (Å²) in [5, 5.41) is 4.05. The van der Waals surface area contributed by atoms with Crippen LogP contribution in [0.3, 0.4) is 0 Å². The van der Waals surface area contributed by atoms with Crippen molar-refractivity contribution in [3.8, 4) is 11.3 Å². The summed E-state index contributed by atoms with van der Waals surface area (Å²) in [6, 6.07) is 9.11. The number of thiazole rings is 1. The van der Waals surface area contributed by atoms with Gasteiger partial charge in [0.05, 0.1) is 17.5 Å². The fraction of sp³-hybridized carbons (Fsp3) is 0.125. The van der Waals surface area contributed by atoms with Crippen molar-refractivity contribution in [3.63, 3.8) is 0 Å². The van der Waals surface area contributed by atoms with Crippen LogP contribution in [-0.2, 0) is 0 Å². The quantitative estimate of drug-likeness (QED) is 0.740. The molecular formula is C16H13ClN2O2S. The second-order valence-corrected chi connectivity index (χ2v) is 6.41. The Balaban J connectivity index is 1.85. The molecule has 0 aliphatic rings. The Morgan fingerprint density at radius 1 is 1.23 bits per heavy atom. The highest BCUT2D eigenvalue weighted by Crippen LogP contribution is 2.31. The predicted octanol–water partition coefficient (Wildman–Crippen LogP) is 4.93. The van der Waals surface area contributed by atoms with Crippen LogP contribution in [0.15, 0.2) is 41.0 Å². The largest absolute Gasteiger partial charge is 0.469 e. The molecule has 2 aromatic heterocycles. The summed E-state index contributed by atoms with van der Waals surface area (Å²) >= 11 is 7.34. The highest BCUT2D eigenvalue weighted by atomic mass is 35.5. The minimum absolute atomic E-state index is 0.220. The number of hydrogen-bond acceptors (Lipinski definition) is 4. The Morgan fingerprint density at radius 2 is 1.95 bits per heavy atom. The Labute approximate surface area is 136 Å². The zero-order valence-electron chi connectivity index (χ0n) is 12.0. The third-order valence-corrected chi connectivity index (χ3v) is 4.38. The lowest BCUT2D eigenvalue weighted by atomic mass is 10.1. The zero-order chi connectivity index (χ0) is 15.7. The van der Waals surface area contributed by atoms with Crippen LogP contribution in [-0.4, -0.2) is 10.9 Å². The second-order valence-electron chi connectivity index (χ2n) is 4.78. The van der Waals surface area contributed by atoms with E-state index in [9.17, 15) is 4.79 Å². The molecule has 3 aromatic rings. The fourth-order valence-electron chi connectivity index (χ4n) is 2.11. The van der Waals surface area contributed by atoms with Gasteiger partial charge in [-0.1, -0.05) is 23.7 Å². The van der Waals surface area contributed by atoms with Gasteiger partial charge in [0.2, 0.25) is 0 Å². The van der Waals surface area contributed by atoms with E-state index in [0.717, 1.165) is 16.1 Å². The van der Waals surface area contributed by atoms with E-state index in [1.807, 2.05) is 31.2 Å². The maximum Gasteiger partial charge on any atom is 0.260 e. The summed E-state index contributed by atoms with van der Waals surface area (Å²) in [4.78, 5) is 17.7. The summed E-state index contributed by atoms with van der Waals surface area (Å²) in [6.45, 7) is 3.72. The van der Waals surface area contributed by atoms with E-state index >= 15 is 0 Å².